The lowest BCUT2D eigenvalue weighted by molar-refractivity contribution is -0.130. The van der Waals surface area contributed by atoms with Crippen LogP contribution in [0.15, 0.2) is 35.7 Å². The Bertz CT molecular complexity index is 898. The van der Waals surface area contributed by atoms with Crippen LogP contribution in [-0.2, 0) is 14.3 Å². The van der Waals surface area contributed by atoms with E-state index in [0.717, 1.165) is 25.7 Å². The van der Waals surface area contributed by atoms with Crippen LogP contribution in [0, 0.1) is 0 Å². The first-order valence-electron chi connectivity index (χ1n) is 13.1. The van der Waals surface area contributed by atoms with E-state index in [0.29, 0.717) is 56.2 Å². The minimum Gasteiger partial charge on any atom is -0.383 e. The van der Waals surface area contributed by atoms with Crippen LogP contribution < -0.4 is 0 Å². The number of methoxy groups -OCH3 is 2. The monoisotopic (exact) mass is 501 g/mol. The number of hydrogen-bond donors (Lipinski definition) is 0. The fourth-order valence-electron chi connectivity index (χ4n) is 4.37. The van der Waals surface area contributed by atoms with Crippen LogP contribution in [0.3, 0.4) is 0 Å². The highest BCUT2D eigenvalue weighted by molar-refractivity contribution is 6.27. The molecule has 0 heterocycles. The van der Waals surface area contributed by atoms with Gasteiger partial charge in [-0.05, 0) is 19.8 Å². The van der Waals surface area contributed by atoms with Crippen molar-refractivity contribution in [2.75, 3.05) is 66.7 Å². The number of nitrogens with zero attached hydrogens (tertiary/aromatic N) is 3. The highest BCUT2D eigenvalue weighted by atomic mass is 16.5. The summed E-state index contributed by atoms with van der Waals surface area (Å²) in [6.07, 6.45) is 3.72. The summed E-state index contributed by atoms with van der Waals surface area (Å²) < 4.78 is 10.4. The Labute approximate surface area is 216 Å². The lowest BCUT2D eigenvalue weighted by atomic mass is 9.88. The third kappa shape index (κ3) is 7.48. The van der Waals surface area contributed by atoms with Crippen LogP contribution in [0.5, 0.6) is 0 Å². The highest BCUT2D eigenvalue weighted by Gasteiger charge is 2.39. The molecule has 1 aromatic carbocycles. The van der Waals surface area contributed by atoms with E-state index in [-0.39, 0.29) is 36.3 Å². The molecule has 36 heavy (non-hydrogen) atoms. The maximum absolute atomic E-state index is 13.9. The van der Waals surface area contributed by atoms with E-state index in [1.165, 1.54) is 4.90 Å². The molecule has 0 atom stereocenters. The fraction of sp³-hybridized carbons (Fsp3) is 0.607. The molecule has 0 N–H and O–H groups in total. The lowest BCUT2D eigenvalue weighted by Crippen LogP contribution is -2.47. The van der Waals surface area contributed by atoms with Crippen molar-refractivity contribution in [2.45, 2.75) is 46.5 Å². The van der Waals surface area contributed by atoms with E-state index >= 15 is 0 Å². The summed E-state index contributed by atoms with van der Waals surface area (Å²) >= 11 is 0. The second kappa shape index (κ2) is 15.5. The number of benzene rings is 1. The fourth-order valence-corrected chi connectivity index (χ4v) is 4.37. The number of ketones is 2. The van der Waals surface area contributed by atoms with Gasteiger partial charge in [-0.25, -0.2) is 0 Å². The molecule has 2 rings (SSSR count). The largest absolute Gasteiger partial charge is 0.383 e. The van der Waals surface area contributed by atoms with E-state index < -0.39 is 0 Å². The van der Waals surface area contributed by atoms with Gasteiger partial charge in [-0.3, -0.25) is 19.3 Å². The van der Waals surface area contributed by atoms with E-state index in [9.17, 15) is 14.4 Å². The summed E-state index contributed by atoms with van der Waals surface area (Å²) in [7, 11) is 3.24. The smallest absolute Gasteiger partial charge is 0.241 e. The van der Waals surface area contributed by atoms with Crippen molar-refractivity contribution < 1.29 is 23.9 Å². The Morgan fingerprint density at radius 2 is 1.28 bits per heavy atom. The Kier molecular flexibility index (Phi) is 12.8. The van der Waals surface area contributed by atoms with Crippen molar-refractivity contribution in [3.05, 3.63) is 46.8 Å². The quantitative estimate of drug-likeness (QED) is 0.323. The topological polar surface area (TPSA) is 79.4 Å². The van der Waals surface area contributed by atoms with Crippen molar-refractivity contribution in [1.29, 1.82) is 0 Å². The Balaban J connectivity index is 2.55. The van der Waals surface area contributed by atoms with E-state index in [1.54, 1.807) is 38.5 Å². The van der Waals surface area contributed by atoms with Gasteiger partial charge in [0.25, 0.3) is 0 Å². The average Bonchev–Trinajstić information content (AvgIpc) is 2.89. The Morgan fingerprint density at radius 1 is 0.778 bits per heavy atom. The molecule has 0 saturated heterocycles. The maximum Gasteiger partial charge on any atom is 0.241 e. The van der Waals surface area contributed by atoms with Crippen LogP contribution in [0.1, 0.15) is 67.2 Å². The van der Waals surface area contributed by atoms with E-state index in [4.69, 9.17) is 9.47 Å². The molecule has 0 unspecified atom stereocenters. The molecule has 1 aliphatic rings. The molecule has 0 bridgehead atoms. The minimum atomic E-state index is -0.270. The van der Waals surface area contributed by atoms with Crippen molar-refractivity contribution in [3.8, 4) is 0 Å². The molecule has 0 fully saturated rings. The number of fused-ring (bicyclic) bond motifs is 1. The normalized spacial score (nSPS) is 13.4. The standard InChI is InChI=1S/C28H43N3O5/c1-6-9-15-30(16-10-7-2)25-26(28(34)23-14-12-11-13-22(23)27(25)33)31(8-3)24(32)21-29(17-19-35-4)18-20-36-5/h11-14H,6-10,15-21H2,1-5H3. The Hall–Kier alpha value is -2.55. The van der Waals surface area contributed by atoms with Crippen molar-refractivity contribution in [2.24, 2.45) is 0 Å². The van der Waals surface area contributed by atoms with Gasteiger partial charge in [0, 0.05) is 58.1 Å². The number of unbranched alkanes of at least 4 members (excludes halogenated alkanes) is 2. The molecule has 1 aliphatic carbocycles. The summed E-state index contributed by atoms with van der Waals surface area (Å²) in [6, 6.07) is 6.92. The number of carbonyl (C=O) groups is 3. The SMILES string of the molecule is CCCCN(CCCC)C1=C(N(CC)C(=O)CN(CCOC)CCOC)C(=O)c2ccccc2C1=O. The predicted octanol–water partition coefficient (Wildman–Crippen LogP) is 3.62. The molecule has 200 valence electrons. The first-order valence-corrected chi connectivity index (χ1v) is 13.1. The van der Waals surface area contributed by atoms with Crippen molar-refractivity contribution in [1.82, 2.24) is 14.7 Å². The third-order valence-corrected chi connectivity index (χ3v) is 6.42. The molecule has 1 aromatic rings. The lowest BCUT2D eigenvalue weighted by Gasteiger charge is -2.36. The van der Waals surface area contributed by atoms with Gasteiger partial charge in [0.15, 0.2) is 0 Å². The molecule has 0 radical (unpaired) electrons. The van der Waals surface area contributed by atoms with Crippen molar-refractivity contribution in [3.63, 3.8) is 0 Å². The van der Waals surface area contributed by atoms with Gasteiger partial charge in [0.2, 0.25) is 17.5 Å². The van der Waals surface area contributed by atoms with Crippen LogP contribution in [0.25, 0.3) is 0 Å². The summed E-state index contributed by atoms with van der Waals surface area (Å²) in [4.78, 5) is 46.9. The number of allylic oxidation sites excluding steroid dienone is 2. The molecule has 8 nitrogen and oxygen atoms in total. The first kappa shape index (κ1) is 29.7. The van der Waals surface area contributed by atoms with Gasteiger partial charge in [-0.2, -0.15) is 0 Å². The predicted molar refractivity (Wildman–Crippen MR) is 141 cm³/mol. The number of carbonyl (C=O) groups excluding carboxylic acids is 3. The molecule has 0 saturated carbocycles. The van der Waals surface area contributed by atoms with Gasteiger partial charge in [0.1, 0.15) is 11.4 Å². The number of rotatable bonds is 17. The maximum atomic E-state index is 13.9. The number of hydrogen-bond acceptors (Lipinski definition) is 7. The van der Waals surface area contributed by atoms with Crippen LogP contribution in [-0.4, -0.2) is 98.9 Å². The summed E-state index contributed by atoms with van der Waals surface area (Å²) in [6.45, 7) is 9.84. The van der Waals surface area contributed by atoms with Gasteiger partial charge >= 0.3 is 0 Å². The highest BCUT2D eigenvalue weighted by Crippen LogP contribution is 2.31. The number of Topliss-reactive ketones (excluding diaryl/α,β-unsaturated/α-hetero) is 2. The van der Waals surface area contributed by atoms with E-state index in [2.05, 4.69) is 13.8 Å². The number of amides is 1. The second-order valence-corrected chi connectivity index (χ2v) is 8.99. The average molecular weight is 502 g/mol. The second-order valence-electron chi connectivity index (χ2n) is 8.99. The Morgan fingerprint density at radius 3 is 1.72 bits per heavy atom. The molecule has 0 aromatic heterocycles. The molecule has 8 heteroatoms. The van der Waals surface area contributed by atoms with E-state index in [1.807, 2.05) is 16.7 Å². The van der Waals surface area contributed by atoms with Gasteiger partial charge in [0.05, 0.1) is 19.8 Å². The zero-order valence-electron chi connectivity index (χ0n) is 22.7. The molecule has 0 spiro atoms. The summed E-state index contributed by atoms with van der Waals surface area (Å²) in [5.41, 5.74) is 1.33. The number of likely N-dealkylation sites (N-methyl/N-ethyl adjacent to an activating group) is 1. The van der Waals surface area contributed by atoms with Crippen LogP contribution in [0.4, 0.5) is 0 Å². The summed E-state index contributed by atoms with van der Waals surface area (Å²) in [5, 5.41) is 0. The molecular weight excluding hydrogens is 458 g/mol. The molecular formula is C28H43N3O5. The zero-order chi connectivity index (χ0) is 26.5. The van der Waals surface area contributed by atoms with Crippen molar-refractivity contribution >= 4 is 17.5 Å². The minimum absolute atomic E-state index is 0.102. The summed E-state index contributed by atoms with van der Waals surface area (Å²) in [5.74, 6) is -0.674. The molecule has 0 aliphatic heterocycles. The first-order chi connectivity index (χ1) is 17.4. The third-order valence-electron chi connectivity index (χ3n) is 6.42. The van der Waals surface area contributed by atoms with Gasteiger partial charge in [-0.15, -0.1) is 0 Å². The number of ether oxygens (including phenoxy) is 2. The van der Waals surface area contributed by atoms with Crippen LogP contribution in [0.2, 0.25) is 0 Å². The van der Waals surface area contributed by atoms with Gasteiger partial charge < -0.3 is 19.3 Å². The van der Waals surface area contributed by atoms with Crippen LogP contribution >= 0.6 is 0 Å². The zero-order valence-corrected chi connectivity index (χ0v) is 22.7. The van der Waals surface area contributed by atoms with Gasteiger partial charge in [-0.1, -0.05) is 51.0 Å². The molecule has 1 amide bonds.